The van der Waals surface area contributed by atoms with Crippen LogP contribution in [0.2, 0.25) is 0 Å². The van der Waals surface area contributed by atoms with Crippen LogP contribution in [-0.2, 0) is 12.4 Å². The first-order chi connectivity index (χ1) is 49.2. The Balaban J connectivity index is 1.18. The molecule has 0 atom stereocenters. The van der Waals surface area contributed by atoms with E-state index in [-0.39, 0.29) is 129 Å². The molecule has 0 unspecified atom stereocenters. The standard InChI is InChI=1S/C81H29F6N15/c82-80(83,84)62-22-53(23-63(29-62)81(85,86)87)48-2-8-70(101-71-9-3-49(76-54(35-93)13-44(31-89)14-55(76)36-94)25-66(71)67-26-50(4-10-72(67)101)77-56(37-95)15-45(32-90)16-57(77)38-96)65(24-48)64-7-1-43(30-88)21-75(64)102-73-11-5-51(78-58(39-97)17-46(33-91)18-59(78)40-98)27-68(73)69-28-52(6-12-74(69)102)79-60(41-99)19-47(34-92)20-61(79)42-100/h1-29H. The topological polar surface area (TPSA) is 319 Å². The number of benzene rings is 11. The SMILES string of the molecule is N#Cc1cc(C#N)c(-c2ccc3c(c2)c2cc(-c4c(C#N)cc(C#N)cc4C#N)ccc2n3-c2ccc(-c3cc(C(F)(F)F)cc(C(F)(F)F)c3)cc2-c2ccc(C#N)cc2-n2c3ccc(-c4c(C#N)cc(C#N)cc4C#N)cc3c3cc(-c4c(C#N)cc(C#N)cc4C#N)ccc32)c(C#N)c1. The molecule has 0 fully saturated rings. The number of rotatable bonds is 8. The van der Waals surface area contributed by atoms with Crippen LogP contribution in [0.4, 0.5) is 26.3 Å². The summed E-state index contributed by atoms with van der Waals surface area (Å²) < 4.78 is 92.7. The molecule has 0 aliphatic carbocycles. The molecule has 21 heteroatoms. The van der Waals surface area contributed by atoms with Gasteiger partial charge in [0.05, 0.1) is 196 Å². The number of aromatic nitrogens is 2. The smallest absolute Gasteiger partial charge is 0.309 e. The monoisotopic (exact) mass is 1330 g/mol. The van der Waals surface area contributed by atoms with E-state index in [0.29, 0.717) is 78.0 Å². The summed E-state index contributed by atoms with van der Waals surface area (Å²) in [5.74, 6) is 0. The molecule has 2 aromatic heterocycles. The molecule has 0 aliphatic heterocycles. The highest BCUT2D eigenvalue weighted by molar-refractivity contribution is 6.15. The summed E-state index contributed by atoms with van der Waals surface area (Å²) in [5.41, 5.74) is -0.422. The van der Waals surface area contributed by atoms with E-state index in [1.54, 1.807) is 81.9 Å². The second-order valence-corrected chi connectivity index (χ2v) is 23.1. The number of nitriles is 13. The van der Waals surface area contributed by atoms with Gasteiger partial charge in [-0.25, -0.2) is 0 Å². The molecule has 13 rings (SSSR count). The molecular weight excluding hydrogens is 1300 g/mol. The summed E-state index contributed by atoms with van der Waals surface area (Å²) >= 11 is 0. The lowest BCUT2D eigenvalue weighted by molar-refractivity contribution is -0.143. The summed E-state index contributed by atoms with van der Waals surface area (Å²) in [6.45, 7) is 0. The molecule has 470 valence electrons. The fourth-order valence-corrected chi connectivity index (χ4v) is 13.2. The van der Waals surface area contributed by atoms with Crippen LogP contribution in [0.5, 0.6) is 0 Å². The summed E-state index contributed by atoms with van der Waals surface area (Å²) in [5, 5.41) is 136. The van der Waals surface area contributed by atoms with Crippen molar-refractivity contribution in [1.29, 1.82) is 68.4 Å². The van der Waals surface area contributed by atoms with Crippen LogP contribution >= 0.6 is 0 Å². The maximum atomic E-state index is 14.9. The third-order valence-electron chi connectivity index (χ3n) is 17.5. The molecular formula is C81H29F6N15. The van der Waals surface area contributed by atoms with Gasteiger partial charge in [0.1, 0.15) is 0 Å². The van der Waals surface area contributed by atoms with E-state index in [4.69, 9.17) is 0 Å². The first kappa shape index (κ1) is 64.7. The molecule has 0 N–H and O–H groups in total. The van der Waals surface area contributed by atoms with Crippen molar-refractivity contribution < 1.29 is 26.3 Å². The third kappa shape index (κ3) is 10.7. The van der Waals surface area contributed by atoms with E-state index in [9.17, 15) is 94.7 Å². The zero-order valence-electron chi connectivity index (χ0n) is 51.7. The predicted octanol–water partition coefficient (Wildman–Crippen LogP) is 18.3. The summed E-state index contributed by atoms with van der Waals surface area (Å²) in [6, 6.07) is 66.7. The van der Waals surface area contributed by atoms with Gasteiger partial charge in [0.25, 0.3) is 0 Å². The number of nitrogens with zero attached hydrogens (tertiary/aromatic N) is 15. The van der Waals surface area contributed by atoms with E-state index >= 15 is 0 Å². The van der Waals surface area contributed by atoms with E-state index in [1.165, 1.54) is 84.9 Å². The van der Waals surface area contributed by atoms with E-state index in [2.05, 4.69) is 54.6 Å². The average Bonchev–Trinajstić information content (AvgIpc) is 1.56. The van der Waals surface area contributed by atoms with Crippen molar-refractivity contribution in [2.24, 2.45) is 0 Å². The normalized spacial score (nSPS) is 10.9. The molecule has 13 aromatic rings. The number of hydrogen-bond donors (Lipinski definition) is 0. The second-order valence-electron chi connectivity index (χ2n) is 23.1. The van der Waals surface area contributed by atoms with Crippen LogP contribution in [0.25, 0.3) is 122 Å². The van der Waals surface area contributed by atoms with Gasteiger partial charge in [0, 0.05) is 54.9 Å². The molecule has 0 spiro atoms. The lowest BCUT2D eigenvalue weighted by Crippen LogP contribution is -2.11. The van der Waals surface area contributed by atoms with Crippen LogP contribution < -0.4 is 0 Å². The third-order valence-corrected chi connectivity index (χ3v) is 17.5. The van der Waals surface area contributed by atoms with Crippen LogP contribution in [0.1, 0.15) is 83.5 Å². The zero-order chi connectivity index (χ0) is 72.2. The van der Waals surface area contributed by atoms with Gasteiger partial charge in [0.2, 0.25) is 0 Å². The molecule has 0 saturated heterocycles. The number of halogens is 6. The van der Waals surface area contributed by atoms with Gasteiger partial charge >= 0.3 is 12.4 Å². The summed E-state index contributed by atoms with van der Waals surface area (Å²) in [6.07, 6.45) is -10.6. The Kier molecular flexibility index (Phi) is 15.8. The molecule has 11 aromatic carbocycles. The first-order valence-corrected chi connectivity index (χ1v) is 29.9. The molecule has 0 radical (unpaired) electrons. The Hall–Kier alpha value is -16.0. The zero-order valence-corrected chi connectivity index (χ0v) is 51.7. The number of hydrogen-bond acceptors (Lipinski definition) is 13. The molecule has 15 nitrogen and oxygen atoms in total. The summed E-state index contributed by atoms with van der Waals surface area (Å²) in [4.78, 5) is 0. The van der Waals surface area contributed by atoms with Crippen molar-refractivity contribution in [3.8, 4) is 157 Å². The minimum atomic E-state index is -5.28. The first-order valence-electron chi connectivity index (χ1n) is 29.9. The fourth-order valence-electron chi connectivity index (χ4n) is 13.2. The lowest BCUT2D eigenvalue weighted by atomic mass is 9.91. The maximum Gasteiger partial charge on any atom is 0.416 e. The largest absolute Gasteiger partial charge is 0.416 e. The quantitative estimate of drug-likeness (QED) is 0.128. The minimum absolute atomic E-state index is 0.00152. The fraction of sp³-hybridized carbons (Fsp3) is 0.0247. The Morgan fingerprint density at radius 3 is 0.784 bits per heavy atom. The molecule has 0 aliphatic rings. The lowest BCUT2D eigenvalue weighted by Gasteiger charge is -2.21. The van der Waals surface area contributed by atoms with Crippen molar-refractivity contribution in [3.05, 3.63) is 259 Å². The van der Waals surface area contributed by atoms with Gasteiger partial charge in [-0.2, -0.15) is 94.7 Å². The van der Waals surface area contributed by atoms with Crippen LogP contribution in [0.3, 0.4) is 0 Å². The molecule has 0 saturated carbocycles. The van der Waals surface area contributed by atoms with E-state index in [0.717, 1.165) is 0 Å². The van der Waals surface area contributed by atoms with Crippen LogP contribution in [-0.4, -0.2) is 9.13 Å². The van der Waals surface area contributed by atoms with Crippen molar-refractivity contribution in [2.45, 2.75) is 12.4 Å². The number of fused-ring (bicyclic) bond motifs is 6. The van der Waals surface area contributed by atoms with Gasteiger partial charge < -0.3 is 9.13 Å². The van der Waals surface area contributed by atoms with Gasteiger partial charge in [-0.3, -0.25) is 0 Å². The van der Waals surface area contributed by atoms with Gasteiger partial charge in [-0.05, 0) is 173 Å². The molecule has 0 amide bonds. The molecule has 2 heterocycles. The highest BCUT2D eigenvalue weighted by Gasteiger charge is 2.38. The molecule has 102 heavy (non-hydrogen) atoms. The maximum absolute atomic E-state index is 14.9. The Labute approximate surface area is 573 Å². The van der Waals surface area contributed by atoms with E-state index < -0.39 is 29.0 Å². The van der Waals surface area contributed by atoms with Gasteiger partial charge in [-0.15, -0.1) is 0 Å². The van der Waals surface area contributed by atoms with E-state index in [1.807, 2.05) is 24.3 Å². The van der Waals surface area contributed by atoms with Gasteiger partial charge in [0.15, 0.2) is 0 Å². The van der Waals surface area contributed by atoms with Crippen molar-refractivity contribution in [1.82, 2.24) is 9.13 Å². The average molecular weight is 1330 g/mol. The Morgan fingerprint density at radius 2 is 0.510 bits per heavy atom. The van der Waals surface area contributed by atoms with Crippen molar-refractivity contribution in [2.75, 3.05) is 0 Å². The highest BCUT2D eigenvalue weighted by atomic mass is 19.4. The number of alkyl halides is 6. The van der Waals surface area contributed by atoms with Crippen molar-refractivity contribution >= 4 is 43.6 Å². The van der Waals surface area contributed by atoms with Gasteiger partial charge in [-0.1, -0.05) is 36.4 Å². The Bertz CT molecular complexity index is 6130. The predicted molar refractivity (Wildman–Crippen MR) is 359 cm³/mol. The van der Waals surface area contributed by atoms with Crippen molar-refractivity contribution in [3.63, 3.8) is 0 Å². The van der Waals surface area contributed by atoms with Crippen LogP contribution in [0, 0.1) is 147 Å². The highest BCUT2D eigenvalue weighted by Crippen LogP contribution is 2.48. The minimum Gasteiger partial charge on any atom is -0.309 e. The molecule has 0 bridgehead atoms. The summed E-state index contributed by atoms with van der Waals surface area (Å²) in [7, 11) is 0. The Morgan fingerprint density at radius 1 is 0.225 bits per heavy atom. The second kappa shape index (κ2) is 24.9. The van der Waals surface area contributed by atoms with Crippen LogP contribution in [0.15, 0.2) is 176 Å².